The Balaban J connectivity index is 2.42. The lowest BCUT2D eigenvalue weighted by Gasteiger charge is -2.30. The van der Waals surface area contributed by atoms with Crippen LogP contribution in [0.2, 0.25) is 0 Å². The highest BCUT2D eigenvalue weighted by Crippen LogP contribution is 2.36. The average Bonchev–Trinajstić information content (AvgIpc) is 2.91. The van der Waals surface area contributed by atoms with Gasteiger partial charge in [0.2, 0.25) is 5.60 Å². The number of carbonyl (C=O) groups excluding carboxylic acids is 2. The number of rotatable bonds is 3. The van der Waals surface area contributed by atoms with Crippen molar-refractivity contribution in [3.63, 3.8) is 0 Å². The Labute approximate surface area is 123 Å². The molecule has 0 spiro atoms. The van der Waals surface area contributed by atoms with E-state index in [4.69, 9.17) is 4.74 Å². The van der Waals surface area contributed by atoms with Gasteiger partial charge in [-0.05, 0) is 24.1 Å². The van der Waals surface area contributed by atoms with E-state index in [1.807, 2.05) is 0 Å². The predicted molar refractivity (Wildman–Crippen MR) is 66.5 cm³/mol. The number of alkyl halides is 3. The molecular formula is C14H13F3O5. The number of carbonyl (C=O) groups is 2. The van der Waals surface area contributed by atoms with Crippen LogP contribution in [0.15, 0.2) is 24.3 Å². The SMILES string of the molecule is COC(=O)[C@@](O)(c1ccc(C(F)(F)F)cc1)[C@H]1CCC(=O)O1. The number of benzene rings is 1. The van der Waals surface area contributed by atoms with Crippen LogP contribution in [0.4, 0.5) is 13.2 Å². The molecule has 0 bridgehead atoms. The van der Waals surface area contributed by atoms with Gasteiger partial charge in [0.15, 0.2) is 0 Å². The van der Waals surface area contributed by atoms with Crippen molar-refractivity contribution in [2.45, 2.75) is 30.7 Å². The summed E-state index contributed by atoms with van der Waals surface area (Å²) in [6.07, 6.45) is -5.68. The summed E-state index contributed by atoms with van der Waals surface area (Å²) in [7, 11) is 1.02. The van der Waals surface area contributed by atoms with Crippen molar-refractivity contribution in [3.8, 4) is 0 Å². The molecular weight excluding hydrogens is 305 g/mol. The molecule has 1 aliphatic rings. The topological polar surface area (TPSA) is 72.8 Å². The highest BCUT2D eigenvalue weighted by molar-refractivity contribution is 5.83. The van der Waals surface area contributed by atoms with E-state index in [2.05, 4.69) is 4.74 Å². The summed E-state index contributed by atoms with van der Waals surface area (Å²) in [5.41, 5.74) is -3.40. The predicted octanol–water partition coefficient (Wildman–Crippen LogP) is 1.77. The molecule has 0 radical (unpaired) electrons. The third-order valence-corrected chi connectivity index (χ3v) is 3.50. The van der Waals surface area contributed by atoms with Crippen LogP contribution < -0.4 is 0 Å². The number of aliphatic hydroxyl groups is 1. The highest BCUT2D eigenvalue weighted by Gasteiger charge is 2.51. The van der Waals surface area contributed by atoms with Crippen molar-refractivity contribution < 1.29 is 37.3 Å². The summed E-state index contributed by atoms with van der Waals surface area (Å²) in [6, 6.07) is 3.40. The van der Waals surface area contributed by atoms with Crippen molar-refractivity contribution >= 4 is 11.9 Å². The Kier molecular flexibility index (Phi) is 4.15. The smallest absolute Gasteiger partial charge is 0.416 e. The molecule has 5 nitrogen and oxygen atoms in total. The zero-order chi connectivity index (χ0) is 16.5. The lowest BCUT2D eigenvalue weighted by molar-refractivity contribution is -0.181. The summed E-state index contributed by atoms with van der Waals surface area (Å²) in [6.45, 7) is 0. The fourth-order valence-corrected chi connectivity index (χ4v) is 2.32. The maximum atomic E-state index is 12.6. The maximum Gasteiger partial charge on any atom is 0.416 e. The van der Waals surface area contributed by atoms with Gasteiger partial charge in [-0.3, -0.25) is 4.79 Å². The van der Waals surface area contributed by atoms with E-state index in [9.17, 15) is 27.9 Å². The summed E-state index contributed by atoms with van der Waals surface area (Å²) in [5, 5.41) is 10.6. The Bertz CT molecular complexity index is 581. The number of ether oxygens (including phenoxy) is 2. The number of esters is 2. The van der Waals surface area contributed by atoms with Gasteiger partial charge < -0.3 is 14.6 Å². The van der Waals surface area contributed by atoms with E-state index in [0.29, 0.717) is 0 Å². The minimum atomic E-state index is -4.54. The summed E-state index contributed by atoms with van der Waals surface area (Å²) in [5.74, 6) is -1.70. The minimum absolute atomic E-state index is 0.00457. The van der Waals surface area contributed by atoms with Gasteiger partial charge >= 0.3 is 18.1 Å². The van der Waals surface area contributed by atoms with Crippen molar-refractivity contribution in [2.24, 2.45) is 0 Å². The number of hydrogen-bond acceptors (Lipinski definition) is 5. The number of methoxy groups -OCH3 is 1. The van der Waals surface area contributed by atoms with Gasteiger partial charge in [-0.1, -0.05) is 12.1 Å². The van der Waals surface area contributed by atoms with Crippen LogP contribution in [0.1, 0.15) is 24.0 Å². The first-order valence-corrected chi connectivity index (χ1v) is 6.37. The zero-order valence-electron chi connectivity index (χ0n) is 11.5. The Morgan fingerprint density at radius 1 is 1.27 bits per heavy atom. The van der Waals surface area contributed by atoms with E-state index in [-0.39, 0.29) is 18.4 Å². The monoisotopic (exact) mass is 318 g/mol. The normalized spacial score (nSPS) is 21.1. The van der Waals surface area contributed by atoms with Crippen LogP contribution in [0.3, 0.4) is 0 Å². The Morgan fingerprint density at radius 3 is 2.23 bits per heavy atom. The number of halogens is 3. The first-order valence-electron chi connectivity index (χ1n) is 6.37. The maximum absolute atomic E-state index is 12.6. The molecule has 8 heteroatoms. The number of hydrogen-bond donors (Lipinski definition) is 1. The quantitative estimate of drug-likeness (QED) is 0.860. The second kappa shape index (κ2) is 5.60. The molecule has 1 N–H and O–H groups in total. The molecule has 1 aromatic carbocycles. The molecule has 0 aliphatic carbocycles. The van der Waals surface area contributed by atoms with Crippen LogP contribution in [0.5, 0.6) is 0 Å². The molecule has 0 amide bonds. The molecule has 0 saturated carbocycles. The second-order valence-electron chi connectivity index (χ2n) is 4.85. The van der Waals surface area contributed by atoms with Crippen LogP contribution in [-0.4, -0.2) is 30.3 Å². The van der Waals surface area contributed by atoms with E-state index < -0.39 is 35.4 Å². The van der Waals surface area contributed by atoms with E-state index >= 15 is 0 Å². The third-order valence-electron chi connectivity index (χ3n) is 3.50. The van der Waals surface area contributed by atoms with Crippen LogP contribution in [0, 0.1) is 0 Å². The van der Waals surface area contributed by atoms with Gasteiger partial charge in [0.1, 0.15) is 6.10 Å². The molecule has 1 aromatic rings. The summed E-state index contributed by atoms with van der Waals surface area (Å²) in [4.78, 5) is 23.1. The van der Waals surface area contributed by atoms with Crippen molar-refractivity contribution in [1.29, 1.82) is 0 Å². The van der Waals surface area contributed by atoms with Gasteiger partial charge in [0.05, 0.1) is 12.7 Å². The van der Waals surface area contributed by atoms with E-state index in [1.54, 1.807) is 0 Å². The third kappa shape index (κ3) is 2.78. The molecule has 22 heavy (non-hydrogen) atoms. The first kappa shape index (κ1) is 16.3. The van der Waals surface area contributed by atoms with Crippen LogP contribution in [0.25, 0.3) is 0 Å². The molecule has 0 unspecified atom stereocenters. The fourth-order valence-electron chi connectivity index (χ4n) is 2.32. The molecule has 120 valence electrons. The van der Waals surface area contributed by atoms with Gasteiger partial charge in [-0.2, -0.15) is 13.2 Å². The zero-order valence-corrected chi connectivity index (χ0v) is 11.5. The van der Waals surface area contributed by atoms with Gasteiger partial charge in [0, 0.05) is 6.42 Å². The van der Waals surface area contributed by atoms with Crippen molar-refractivity contribution in [2.75, 3.05) is 7.11 Å². The fraction of sp³-hybridized carbons (Fsp3) is 0.429. The Morgan fingerprint density at radius 2 is 1.82 bits per heavy atom. The summed E-state index contributed by atoms with van der Waals surface area (Å²) >= 11 is 0. The second-order valence-corrected chi connectivity index (χ2v) is 4.85. The largest absolute Gasteiger partial charge is 0.467 e. The molecule has 1 heterocycles. The molecule has 1 aliphatic heterocycles. The average molecular weight is 318 g/mol. The highest BCUT2D eigenvalue weighted by atomic mass is 19.4. The van der Waals surface area contributed by atoms with Gasteiger partial charge in [0.25, 0.3) is 0 Å². The van der Waals surface area contributed by atoms with E-state index in [0.717, 1.165) is 31.4 Å². The van der Waals surface area contributed by atoms with Gasteiger partial charge in [-0.25, -0.2) is 4.79 Å². The standard InChI is InChI=1S/C14H13F3O5/c1-21-12(19)13(20,10-6-7-11(18)22-10)8-2-4-9(5-3-8)14(15,16)17/h2-5,10,20H,6-7H2,1H3/t10-,13-/m1/s1. The number of cyclic esters (lactones) is 1. The molecule has 1 saturated heterocycles. The molecule has 1 fully saturated rings. The van der Waals surface area contributed by atoms with E-state index in [1.165, 1.54) is 0 Å². The molecule has 2 atom stereocenters. The first-order chi connectivity index (χ1) is 10.2. The van der Waals surface area contributed by atoms with Crippen molar-refractivity contribution in [1.82, 2.24) is 0 Å². The minimum Gasteiger partial charge on any atom is -0.467 e. The lowest BCUT2D eigenvalue weighted by Crippen LogP contribution is -2.47. The molecule has 2 rings (SSSR count). The van der Waals surface area contributed by atoms with Crippen molar-refractivity contribution in [3.05, 3.63) is 35.4 Å². The van der Waals surface area contributed by atoms with Gasteiger partial charge in [-0.15, -0.1) is 0 Å². The van der Waals surface area contributed by atoms with Crippen LogP contribution in [-0.2, 0) is 30.8 Å². The Hall–Kier alpha value is -2.09. The van der Waals surface area contributed by atoms with Crippen LogP contribution >= 0.6 is 0 Å². The lowest BCUT2D eigenvalue weighted by atomic mass is 9.86. The molecule has 0 aromatic heterocycles. The summed E-state index contributed by atoms with van der Waals surface area (Å²) < 4.78 is 47.1.